The lowest BCUT2D eigenvalue weighted by Gasteiger charge is -2.03. The Kier molecular flexibility index (Phi) is 3.99. The van der Waals surface area contributed by atoms with Crippen molar-refractivity contribution in [3.05, 3.63) is 52.4 Å². The van der Waals surface area contributed by atoms with E-state index in [4.69, 9.17) is 21.1 Å². The summed E-state index contributed by atoms with van der Waals surface area (Å²) < 4.78 is 5.44. The highest BCUT2D eigenvalue weighted by molar-refractivity contribution is 7.98. The number of carboxylic acids is 1. The second kappa shape index (κ2) is 5.50. The SMILES string of the molecule is Cc1ccc(CSc2ccc(Cl)c(C(=O)O)c2)o1. The Morgan fingerprint density at radius 2 is 2.17 bits per heavy atom. The zero-order chi connectivity index (χ0) is 13.1. The van der Waals surface area contributed by atoms with E-state index < -0.39 is 5.97 Å². The van der Waals surface area contributed by atoms with Crippen LogP contribution in [0.1, 0.15) is 21.9 Å². The van der Waals surface area contributed by atoms with Crippen LogP contribution in [0.2, 0.25) is 5.02 Å². The lowest BCUT2D eigenvalue weighted by molar-refractivity contribution is 0.0697. The molecule has 3 nitrogen and oxygen atoms in total. The van der Waals surface area contributed by atoms with Gasteiger partial charge in [0.2, 0.25) is 0 Å². The van der Waals surface area contributed by atoms with E-state index in [0.717, 1.165) is 16.4 Å². The summed E-state index contributed by atoms with van der Waals surface area (Å²) >= 11 is 7.31. The predicted octanol–water partition coefficient (Wildman–Crippen LogP) is 4.23. The summed E-state index contributed by atoms with van der Waals surface area (Å²) in [6, 6.07) is 8.79. The number of aromatic carboxylic acids is 1. The second-order valence-electron chi connectivity index (χ2n) is 3.75. The lowest BCUT2D eigenvalue weighted by Crippen LogP contribution is -1.97. The molecule has 0 aliphatic rings. The maximum atomic E-state index is 10.9. The molecule has 0 saturated heterocycles. The number of aryl methyl sites for hydroxylation is 1. The van der Waals surface area contributed by atoms with Crippen molar-refractivity contribution in [3.8, 4) is 0 Å². The van der Waals surface area contributed by atoms with E-state index in [2.05, 4.69) is 0 Å². The monoisotopic (exact) mass is 282 g/mol. The Morgan fingerprint density at radius 1 is 1.39 bits per heavy atom. The van der Waals surface area contributed by atoms with Gasteiger partial charge >= 0.3 is 5.97 Å². The van der Waals surface area contributed by atoms with Gasteiger partial charge in [-0.15, -0.1) is 11.8 Å². The molecule has 0 saturated carbocycles. The number of rotatable bonds is 4. The fraction of sp³-hybridized carbons (Fsp3) is 0.154. The summed E-state index contributed by atoms with van der Waals surface area (Å²) in [5, 5.41) is 9.22. The first kappa shape index (κ1) is 13.1. The van der Waals surface area contributed by atoms with Crippen LogP contribution in [0.25, 0.3) is 0 Å². The normalized spacial score (nSPS) is 10.6. The summed E-state index contributed by atoms with van der Waals surface area (Å²) in [5.74, 6) is 1.38. The molecule has 1 N–H and O–H groups in total. The van der Waals surface area contributed by atoms with Crippen molar-refractivity contribution in [2.24, 2.45) is 0 Å². The van der Waals surface area contributed by atoms with Crippen molar-refractivity contribution >= 4 is 29.3 Å². The molecular formula is C13H11ClO3S. The van der Waals surface area contributed by atoms with Crippen molar-refractivity contribution in [2.75, 3.05) is 0 Å². The summed E-state index contributed by atoms with van der Waals surface area (Å²) in [4.78, 5) is 11.8. The quantitative estimate of drug-likeness (QED) is 0.853. The van der Waals surface area contributed by atoms with Crippen LogP contribution in [0.3, 0.4) is 0 Å². The third-order valence-electron chi connectivity index (χ3n) is 2.35. The van der Waals surface area contributed by atoms with Crippen molar-refractivity contribution < 1.29 is 14.3 Å². The number of hydrogen-bond donors (Lipinski definition) is 1. The Balaban J connectivity index is 2.10. The standard InChI is InChI=1S/C13H11ClO3S/c1-8-2-3-9(17-8)7-18-10-4-5-12(14)11(6-10)13(15)16/h2-6H,7H2,1H3,(H,15,16). The second-order valence-corrected chi connectivity index (χ2v) is 5.20. The maximum Gasteiger partial charge on any atom is 0.337 e. The highest BCUT2D eigenvalue weighted by Crippen LogP contribution is 2.27. The number of halogens is 1. The van der Waals surface area contributed by atoms with Crippen molar-refractivity contribution in [2.45, 2.75) is 17.6 Å². The van der Waals surface area contributed by atoms with Gasteiger partial charge in [-0.25, -0.2) is 4.79 Å². The Labute approximate surface area is 114 Å². The van der Waals surface area contributed by atoms with Crippen LogP contribution < -0.4 is 0 Å². The van der Waals surface area contributed by atoms with Gasteiger partial charge in [-0.3, -0.25) is 0 Å². The maximum absolute atomic E-state index is 10.9. The van der Waals surface area contributed by atoms with E-state index in [1.165, 1.54) is 11.8 Å². The number of thioether (sulfide) groups is 1. The van der Waals surface area contributed by atoms with E-state index in [1.807, 2.05) is 19.1 Å². The summed E-state index contributed by atoms with van der Waals surface area (Å²) in [5.41, 5.74) is 0.122. The summed E-state index contributed by atoms with van der Waals surface area (Å²) in [6.45, 7) is 1.89. The zero-order valence-corrected chi connectivity index (χ0v) is 11.2. The number of furan rings is 1. The molecule has 0 radical (unpaired) electrons. The molecule has 1 aromatic heterocycles. The fourth-order valence-electron chi connectivity index (χ4n) is 1.48. The molecule has 2 aromatic rings. The van der Waals surface area contributed by atoms with Crippen LogP contribution in [0, 0.1) is 6.92 Å². The Hall–Kier alpha value is -1.39. The average molecular weight is 283 g/mol. The number of carbonyl (C=O) groups is 1. The van der Waals surface area contributed by atoms with Gasteiger partial charge in [-0.1, -0.05) is 11.6 Å². The van der Waals surface area contributed by atoms with Crippen LogP contribution in [-0.2, 0) is 5.75 Å². The van der Waals surface area contributed by atoms with Crippen LogP contribution in [0.4, 0.5) is 0 Å². The van der Waals surface area contributed by atoms with E-state index in [0.29, 0.717) is 5.75 Å². The molecule has 1 heterocycles. The molecular weight excluding hydrogens is 272 g/mol. The molecule has 0 aliphatic carbocycles. The Bertz CT molecular complexity index is 577. The molecule has 0 unspecified atom stereocenters. The van der Waals surface area contributed by atoms with Crippen LogP contribution in [-0.4, -0.2) is 11.1 Å². The zero-order valence-electron chi connectivity index (χ0n) is 9.64. The molecule has 5 heteroatoms. The smallest absolute Gasteiger partial charge is 0.337 e. The minimum Gasteiger partial charge on any atom is -0.478 e. The van der Waals surface area contributed by atoms with E-state index >= 15 is 0 Å². The molecule has 1 aromatic carbocycles. The van der Waals surface area contributed by atoms with Crippen LogP contribution in [0.15, 0.2) is 39.6 Å². The van der Waals surface area contributed by atoms with Gasteiger partial charge in [0, 0.05) is 4.90 Å². The van der Waals surface area contributed by atoms with Crippen molar-refractivity contribution in [1.29, 1.82) is 0 Å². The first-order valence-electron chi connectivity index (χ1n) is 5.27. The molecule has 0 atom stereocenters. The lowest BCUT2D eigenvalue weighted by atomic mass is 10.2. The topological polar surface area (TPSA) is 50.4 Å². The molecule has 0 fully saturated rings. The highest BCUT2D eigenvalue weighted by Gasteiger charge is 2.10. The third kappa shape index (κ3) is 3.09. The van der Waals surface area contributed by atoms with Gasteiger partial charge in [0.05, 0.1) is 16.3 Å². The number of benzene rings is 1. The molecule has 94 valence electrons. The number of carboxylic acid groups (broad SMARTS) is 1. The first-order chi connectivity index (χ1) is 8.56. The molecule has 0 spiro atoms. The van der Waals surface area contributed by atoms with Crippen molar-refractivity contribution in [1.82, 2.24) is 0 Å². The average Bonchev–Trinajstić information content (AvgIpc) is 2.74. The largest absolute Gasteiger partial charge is 0.478 e. The number of hydrogen-bond acceptors (Lipinski definition) is 3. The van der Waals surface area contributed by atoms with Gasteiger partial charge < -0.3 is 9.52 Å². The molecule has 0 bridgehead atoms. The summed E-state index contributed by atoms with van der Waals surface area (Å²) in [6.07, 6.45) is 0. The van der Waals surface area contributed by atoms with Gasteiger partial charge in [0.1, 0.15) is 11.5 Å². The molecule has 0 aliphatic heterocycles. The van der Waals surface area contributed by atoms with Gasteiger partial charge in [0.15, 0.2) is 0 Å². The van der Waals surface area contributed by atoms with Gasteiger partial charge in [-0.05, 0) is 37.3 Å². The predicted molar refractivity (Wildman–Crippen MR) is 71.4 cm³/mol. The minimum atomic E-state index is -1.02. The molecule has 18 heavy (non-hydrogen) atoms. The minimum absolute atomic E-state index is 0.122. The van der Waals surface area contributed by atoms with Crippen LogP contribution >= 0.6 is 23.4 Å². The van der Waals surface area contributed by atoms with Crippen molar-refractivity contribution in [3.63, 3.8) is 0 Å². The Morgan fingerprint density at radius 3 is 2.78 bits per heavy atom. The first-order valence-corrected chi connectivity index (χ1v) is 6.63. The van der Waals surface area contributed by atoms with E-state index in [9.17, 15) is 4.79 Å². The highest BCUT2D eigenvalue weighted by atomic mass is 35.5. The fourth-order valence-corrected chi connectivity index (χ4v) is 2.50. The summed E-state index contributed by atoms with van der Waals surface area (Å²) in [7, 11) is 0. The van der Waals surface area contributed by atoms with E-state index in [-0.39, 0.29) is 10.6 Å². The molecule has 0 amide bonds. The molecule has 2 rings (SSSR count). The van der Waals surface area contributed by atoms with Crippen LogP contribution in [0.5, 0.6) is 0 Å². The van der Waals surface area contributed by atoms with Gasteiger partial charge in [0.25, 0.3) is 0 Å². The van der Waals surface area contributed by atoms with Gasteiger partial charge in [-0.2, -0.15) is 0 Å². The van der Waals surface area contributed by atoms with E-state index in [1.54, 1.807) is 18.2 Å². The third-order valence-corrected chi connectivity index (χ3v) is 3.69.